The fourth-order valence-electron chi connectivity index (χ4n) is 0.859. The number of hydrogen-bond donors (Lipinski definition) is 1. The third-order valence-electron chi connectivity index (χ3n) is 1.32. The Kier molecular flexibility index (Phi) is 5.91. The van der Waals surface area contributed by atoms with E-state index in [4.69, 9.17) is 17.3 Å². The molecule has 62 valence electrons. The van der Waals surface area contributed by atoms with Crippen molar-refractivity contribution in [1.82, 2.24) is 0 Å². The summed E-state index contributed by atoms with van der Waals surface area (Å²) in [6, 6.07) is 7.77. The summed E-state index contributed by atoms with van der Waals surface area (Å²) in [6.07, 6.45) is 0.903. The maximum Gasteiger partial charge on any atom is 0.0408 e. The number of nitrogens with two attached hydrogens (primary N) is 1. The van der Waals surface area contributed by atoms with Gasteiger partial charge in [0.05, 0.1) is 0 Å². The Morgan fingerprint density at radius 1 is 1.36 bits per heavy atom. The Labute approximate surface area is 88.9 Å². The summed E-state index contributed by atoms with van der Waals surface area (Å²) in [7, 11) is 0. The Balaban J connectivity index is 0.000001000. The van der Waals surface area contributed by atoms with Crippen molar-refractivity contribution in [2.24, 2.45) is 5.73 Å². The monoisotopic (exact) mass is 283 g/mol. The number of halogens is 2. The van der Waals surface area contributed by atoms with Crippen LogP contribution in [-0.4, -0.2) is 6.54 Å². The molecule has 1 aromatic carbocycles. The maximum absolute atomic E-state index is 5.74. The standard InChI is InChI=1S/C8H10ClN.HI/c9-8-3-1-2-7(6-8)4-5-10;/h1-3,6H,4-5,10H2;1H. The molecule has 0 aliphatic carbocycles. The second kappa shape index (κ2) is 5.80. The van der Waals surface area contributed by atoms with E-state index in [0.29, 0.717) is 6.54 Å². The second-order valence-electron chi connectivity index (χ2n) is 2.17. The summed E-state index contributed by atoms with van der Waals surface area (Å²) < 4.78 is 0. The van der Waals surface area contributed by atoms with Gasteiger partial charge in [0.25, 0.3) is 0 Å². The maximum atomic E-state index is 5.74. The molecule has 0 aliphatic rings. The smallest absolute Gasteiger partial charge is 0.0408 e. The second-order valence-corrected chi connectivity index (χ2v) is 2.61. The minimum atomic E-state index is 0. The Hall–Kier alpha value is 0.200. The lowest BCUT2D eigenvalue weighted by atomic mass is 10.2. The SMILES string of the molecule is I.NCCc1cccc(Cl)c1. The highest BCUT2D eigenvalue weighted by atomic mass is 127. The van der Waals surface area contributed by atoms with E-state index in [9.17, 15) is 0 Å². The van der Waals surface area contributed by atoms with E-state index in [1.165, 1.54) is 5.56 Å². The summed E-state index contributed by atoms with van der Waals surface area (Å²) >= 11 is 5.74. The largest absolute Gasteiger partial charge is 0.330 e. The van der Waals surface area contributed by atoms with Crippen molar-refractivity contribution in [1.29, 1.82) is 0 Å². The topological polar surface area (TPSA) is 26.0 Å². The van der Waals surface area contributed by atoms with Gasteiger partial charge < -0.3 is 5.73 Å². The van der Waals surface area contributed by atoms with E-state index in [2.05, 4.69) is 0 Å². The summed E-state index contributed by atoms with van der Waals surface area (Å²) in [5, 5.41) is 0.783. The van der Waals surface area contributed by atoms with Crippen molar-refractivity contribution in [2.45, 2.75) is 6.42 Å². The minimum Gasteiger partial charge on any atom is -0.330 e. The highest BCUT2D eigenvalue weighted by Gasteiger charge is 1.90. The summed E-state index contributed by atoms with van der Waals surface area (Å²) in [5.74, 6) is 0. The fourth-order valence-corrected chi connectivity index (χ4v) is 1.07. The van der Waals surface area contributed by atoms with Crippen molar-refractivity contribution in [3.05, 3.63) is 34.9 Å². The van der Waals surface area contributed by atoms with E-state index in [0.717, 1.165) is 11.4 Å². The van der Waals surface area contributed by atoms with Crippen LogP contribution in [0.25, 0.3) is 0 Å². The molecule has 0 aromatic heterocycles. The van der Waals surface area contributed by atoms with Gasteiger partial charge in [-0.2, -0.15) is 0 Å². The summed E-state index contributed by atoms with van der Waals surface area (Å²) in [4.78, 5) is 0. The van der Waals surface area contributed by atoms with Crippen LogP contribution in [0.4, 0.5) is 0 Å². The first-order chi connectivity index (χ1) is 4.83. The van der Waals surface area contributed by atoms with Crippen LogP contribution in [-0.2, 0) is 6.42 Å². The highest BCUT2D eigenvalue weighted by molar-refractivity contribution is 14.0. The lowest BCUT2D eigenvalue weighted by Crippen LogP contribution is -2.02. The van der Waals surface area contributed by atoms with E-state index in [-0.39, 0.29) is 24.0 Å². The van der Waals surface area contributed by atoms with Crippen molar-refractivity contribution < 1.29 is 0 Å². The molecule has 1 nitrogen and oxygen atoms in total. The molecule has 1 aromatic rings. The first kappa shape index (κ1) is 11.2. The third-order valence-corrected chi connectivity index (χ3v) is 1.56. The van der Waals surface area contributed by atoms with Gasteiger partial charge in [-0.15, -0.1) is 24.0 Å². The van der Waals surface area contributed by atoms with Gasteiger partial charge in [0.15, 0.2) is 0 Å². The van der Waals surface area contributed by atoms with Crippen molar-refractivity contribution in [2.75, 3.05) is 6.54 Å². The van der Waals surface area contributed by atoms with Crippen molar-refractivity contribution in [3.63, 3.8) is 0 Å². The highest BCUT2D eigenvalue weighted by Crippen LogP contribution is 2.10. The molecule has 0 amide bonds. The molecular formula is C8H11ClIN. The van der Waals surface area contributed by atoms with E-state index < -0.39 is 0 Å². The molecule has 0 heterocycles. The average molecular weight is 284 g/mol. The van der Waals surface area contributed by atoms with Crippen LogP contribution < -0.4 is 5.73 Å². The molecule has 3 heteroatoms. The number of rotatable bonds is 2. The van der Waals surface area contributed by atoms with Gasteiger partial charge in [-0.3, -0.25) is 0 Å². The van der Waals surface area contributed by atoms with E-state index in [1.807, 2.05) is 24.3 Å². The van der Waals surface area contributed by atoms with Gasteiger partial charge in [0, 0.05) is 5.02 Å². The number of benzene rings is 1. The van der Waals surface area contributed by atoms with E-state index >= 15 is 0 Å². The summed E-state index contributed by atoms with van der Waals surface area (Å²) in [6.45, 7) is 0.681. The van der Waals surface area contributed by atoms with Crippen LogP contribution in [0, 0.1) is 0 Å². The molecule has 0 saturated heterocycles. The molecule has 0 unspecified atom stereocenters. The third kappa shape index (κ3) is 3.94. The quantitative estimate of drug-likeness (QED) is 0.829. The molecule has 2 N–H and O–H groups in total. The minimum absolute atomic E-state index is 0. The van der Waals surface area contributed by atoms with Gasteiger partial charge in [-0.25, -0.2) is 0 Å². The Bertz CT molecular complexity index is 215. The normalized spacial score (nSPS) is 8.91. The lowest BCUT2D eigenvalue weighted by molar-refractivity contribution is 0.969. The molecule has 11 heavy (non-hydrogen) atoms. The van der Waals surface area contributed by atoms with E-state index in [1.54, 1.807) is 0 Å². The molecule has 0 bridgehead atoms. The van der Waals surface area contributed by atoms with Gasteiger partial charge in [-0.05, 0) is 30.7 Å². The van der Waals surface area contributed by atoms with Gasteiger partial charge in [-0.1, -0.05) is 23.7 Å². The average Bonchev–Trinajstić information content (AvgIpc) is 1.88. The zero-order valence-electron chi connectivity index (χ0n) is 6.09. The van der Waals surface area contributed by atoms with Crippen molar-refractivity contribution >= 4 is 35.6 Å². The molecule has 0 aliphatic heterocycles. The molecule has 0 fully saturated rings. The molecule has 0 atom stereocenters. The van der Waals surface area contributed by atoms with Crippen LogP contribution in [0.2, 0.25) is 5.02 Å². The van der Waals surface area contributed by atoms with Crippen LogP contribution in [0.5, 0.6) is 0 Å². The fraction of sp³-hybridized carbons (Fsp3) is 0.250. The molecule has 1 rings (SSSR count). The first-order valence-corrected chi connectivity index (χ1v) is 3.65. The zero-order chi connectivity index (χ0) is 7.40. The van der Waals surface area contributed by atoms with Crippen LogP contribution >= 0.6 is 35.6 Å². The predicted octanol–water partition coefficient (Wildman–Crippen LogP) is 2.46. The van der Waals surface area contributed by atoms with Crippen molar-refractivity contribution in [3.8, 4) is 0 Å². The Morgan fingerprint density at radius 2 is 2.09 bits per heavy atom. The molecule has 0 radical (unpaired) electrons. The molecule has 0 spiro atoms. The molecular weight excluding hydrogens is 272 g/mol. The van der Waals surface area contributed by atoms with Gasteiger partial charge in [0.1, 0.15) is 0 Å². The van der Waals surface area contributed by atoms with Crippen LogP contribution in [0.3, 0.4) is 0 Å². The number of hydrogen-bond acceptors (Lipinski definition) is 1. The zero-order valence-corrected chi connectivity index (χ0v) is 9.17. The van der Waals surface area contributed by atoms with Crippen LogP contribution in [0.15, 0.2) is 24.3 Å². The predicted molar refractivity (Wildman–Crippen MR) is 59.6 cm³/mol. The molecule has 0 saturated carbocycles. The van der Waals surface area contributed by atoms with Gasteiger partial charge >= 0.3 is 0 Å². The summed E-state index contributed by atoms with van der Waals surface area (Å²) in [5.41, 5.74) is 6.57. The van der Waals surface area contributed by atoms with Gasteiger partial charge in [0.2, 0.25) is 0 Å². The lowest BCUT2D eigenvalue weighted by Gasteiger charge is -1.96. The Morgan fingerprint density at radius 3 is 2.64 bits per heavy atom. The first-order valence-electron chi connectivity index (χ1n) is 3.27. The van der Waals surface area contributed by atoms with Crippen LogP contribution in [0.1, 0.15) is 5.56 Å².